The van der Waals surface area contributed by atoms with Gasteiger partial charge >= 0.3 is 0 Å². The van der Waals surface area contributed by atoms with Gasteiger partial charge in [0.25, 0.3) is 5.91 Å². The predicted molar refractivity (Wildman–Crippen MR) is 63.6 cm³/mol. The molecule has 6 heteroatoms. The van der Waals surface area contributed by atoms with Crippen LogP contribution in [-0.2, 0) is 11.9 Å². The molecule has 0 fully saturated rings. The van der Waals surface area contributed by atoms with Gasteiger partial charge in [0.2, 0.25) is 0 Å². The molecule has 0 saturated carbocycles. The van der Waals surface area contributed by atoms with E-state index in [1.807, 2.05) is 0 Å². The number of nitrogens with one attached hydrogen (secondary N) is 1. The Labute approximate surface area is 103 Å². The number of hydrogen-bond acceptors (Lipinski definition) is 4. The molecule has 0 saturated heterocycles. The Kier molecular flexibility index (Phi) is 3.17. The summed E-state index contributed by atoms with van der Waals surface area (Å²) in [5.74, 6) is -0.358. The maximum atomic E-state index is 11.8. The molecule has 0 aliphatic heterocycles. The first kappa shape index (κ1) is 12.0. The molecule has 2 aromatic rings. The van der Waals surface area contributed by atoms with Crippen molar-refractivity contribution < 1.29 is 14.7 Å². The average Bonchev–Trinajstić information content (AvgIpc) is 2.69. The maximum absolute atomic E-state index is 11.8. The molecule has 0 aliphatic carbocycles. The van der Waals surface area contributed by atoms with Gasteiger partial charge in [-0.2, -0.15) is 5.26 Å². The van der Waals surface area contributed by atoms with Crippen molar-refractivity contribution in [3.63, 3.8) is 0 Å². The van der Waals surface area contributed by atoms with E-state index < -0.39 is 5.91 Å². The molecule has 0 atom stereocenters. The third-order valence-corrected chi connectivity index (χ3v) is 2.60. The minimum atomic E-state index is -0.469. The van der Waals surface area contributed by atoms with E-state index in [9.17, 15) is 9.90 Å². The normalized spacial score (nSPS) is 10.2. The minimum absolute atomic E-state index is 0.111. The van der Waals surface area contributed by atoms with Gasteiger partial charge in [-0.25, -0.2) is 5.48 Å². The van der Waals surface area contributed by atoms with Crippen LogP contribution in [0, 0.1) is 11.3 Å². The van der Waals surface area contributed by atoms with Crippen LogP contribution in [-0.4, -0.2) is 22.2 Å². The smallest absolute Gasteiger partial charge is 0.291 e. The molecule has 1 amide bonds. The summed E-state index contributed by atoms with van der Waals surface area (Å²) in [6, 6.07) is 8.35. The van der Waals surface area contributed by atoms with E-state index in [2.05, 4.69) is 10.3 Å². The van der Waals surface area contributed by atoms with Crippen molar-refractivity contribution in [1.82, 2.24) is 10.0 Å². The van der Waals surface area contributed by atoms with Crippen LogP contribution >= 0.6 is 0 Å². The van der Waals surface area contributed by atoms with Gasteiger partial charge in [-0.1, -0.05) is 6.07 Å². The van der Waals surface area contributed by atoms with Crippen LogP contribution in [0.4, 0.5) is 0 Å². The van der Waals surface area contributed by atoms with E-state index in [0.717, 1.165) is 5.52 Å². The van der Waals surface area contributed by atoms with E-state index in [4.69, 9.17) is 5.26 Å². The van der Waals surface area contributed by atoms with Crippen LogP contribution in [0.1, 0.15) is 10.5 Å². The quantitative estimate of drug-likeness (QED) is 0.625. The zero-order valence-corrected chi connectivity index (χ0v) is 9.67. The van der Waals surface area contributed by atoms with Gasteiger partial charge in [-0.3, -0.25) is 9.63 Å². The standard InChI is InChI=1S/C12H11N3O3/c1-15-9-3-2-4-11(16)8(9)7-10(15)12(17)14-18-6-5-13/h2-4,7,16H,6H2,1H3,(H,14,17). The number of nitriles is 1. The van der Waals surface area contributed by atoms with Gasteiger partial charge in [0, 0.05) is 12.4 Å². The number of hydroxylamine groups is 1. The summed E-state index contributed by atoms with van der Waals surface area (Å²) in [5.41, 5.74) is 3.23. The van der Waals surface area contributed by atoms with Crippen molar-refractivity contribution in [1.29, 1.82) is 5.26 Å². The van der Waals surface area contributed by atoms with Gasteiger partial charge in [0.15, 0.2) is 6.61 Å². The number of phenols is 1. The van der Waals surface area contributed by atoms with E-state index in [-0.39, 0.29) is 12.4 Å². The van der Waals surface area contributed by atoms with E-state index in [1.165, 1.54) is 0 Å². The molecule has 2 rings (SSSR count). The SMILES string of the molecule is Cn1c(C(=O)NOCC#N)cc2c(O)cccc21. The number of benzene rings is 1. The molecular weight excluding hydrogens is 234 g/mol. The highest BCUT2D eigenvalue weighted by Crippen LogP contribution is 2.26. The van der Waals surface area contributed by atoms with E-state index >= 15 is 0 Å². The van der Waals surface area contributed by atoms with Gasteiger partial charge < -0.3 is 9.67 Å². The number of aryl methyl sites for hydroxylation is 1. The third-order valence-electron chi connectivity index (χ3n) is 2.60. The number of aromatic nitrogens is 1. The Morgan fingerprint density at radius 3 is 3.06 bits per heavy atom. The highest BCUT2D eigenvalue weighted by Gasteiger charge is 2.14. The number of amides is 1. The number of aromatic hydroxyl groups is 1. The van der Waals surface area contributed by atoms with Crippen LogP contribution in [0.3, 0.4) is 0 Å². The van der Waals surface area contributed by atoms with Crippen LogP contribution < -0.4 is 5.48 Å². The van der Waals surface area contributed by atoms with Gasteiger partial charge in [-0.15, -0.1) is 0 Å². The Morgan fingerprint density at radius 1 is 1.61 bits per heavy atom. The van der Waals surface area contributed by atoms with Crippen molar-refractivity contribution in [2.24, 2.45) is 7.05 Å². The Morgan fingerprint density at radius 2 is 2.39 bits per heavy atom. The second-order valence-electron chi connectivity index (χ2n) is 3.68. The molecule has 0 spiro atoms. The highest BCUT2D eigenvalue weighted by atomic mass is 16.6. The van der Waals surface area contributed by atoms with Crippen molar-refractivity contribution >= 4 is 16.8 Å². The number of carbonyl (C=O) groups is 1. The summed E-state index contributed by atoms with van der Waals surface area (Å²) in [7, 11) is 1.71. The fourth-order valence-electron chi connectivity index (χ4n) is 1.75. The first-order chi connectivity index (χ1) is 8.65. The van der Waals surface area contributed by atoms with Crippen LogP contribution in [0.25, 0.3) is 10.9 Å². The fraction of sp³-hybridized carbons (Fsp3) is 0.167. The second kappa shape index (κ2) is 4.77. The topological polar surface area (TPSA) is 87.3 Å². The van der Waals surface area contributed by atoms with Crippen molar-refractivity contribution in [2.75, 3.05) is 6.61 Å². The van der Waals surface area contributed by atoms with Crippen molar-refractivity contribution in [2.45, 2.75) is 0 Å². The van der Waals surface area contributed by atoms with Gasteiger partial charge in [0.05, 0.1) is 11.6 Å². The number of rotatable bonds is 3. The lowest BCUT2D eigenvalue weighted by Gasteiger charge is -2.04. The van der Waals surface area contributed by atoms with Gasteiger partial charge in [-0.05, 0) is 18.2 Å². The lowest BCUT2D eigenvalue weighted by atomic mass is 10.2. The zero-order valence-electron chi connectivity index (χ0n) is 9.67. The van der Waals surface area contributed by atoms with E-state index in [0.29, 0.717) is 11.1 Å². The average molecular weight is 245 g/mol. The molecule has 1 heterocycles. The first-order valence-electron chi connectivity index (χ1n) is 5.21. The number of phenolic OH excluding ortho intramolecular Hbond substituents is 1. The third kappa shape index (κ3) is 1.99. The maximum Gasteiger partial charge on any atom is 0.291 e. The number of carbonyl (C=O) groups excluding carboxylic acids is 1. The van der Waals surface area contributed by atoms with Crippen molar-refractivity contribution in [3.8, 4) is 11.8 Å². The second-order valence-corrected chi connectivity index (χ2v) is 3.68. The molecule has 0 radical (unpaired) electrons. The molecule has 0 aliphatic rings. The minimum Gasteiger partial charge on any atom is -0.507 e. The molecule has 0 bridgehead atoms. The summed E-state index contributed by atoms with van der Waals surface area (Å²) in [6.07, 6.45) is 0. The predicted octanol–water partition coefficient (Wildman–Crippen LogP) is 1.07. The monoisotopic (exact) mass is 245 g/mol. The van der Waals surface area contributed by atoms with Crippen LogP contribution in [0.15, 0.2) is 24.3 Å². The Hall–Kier alpha value is -2.52. The Bertz CT molecular complexity index is 640. The molecule has 1 aromatic heterocycles. The molecule has 2 N–H and O–H groups in total. The molecule has 18 heavy (non-hydrogen) atoms. The highest BCUT2D eigenvalue weighted by molar-refractivity contribution is 5.99. The molecule has 92 valence electrons. The number of nitrogens with zero attached hydrogens (tertiary/aromatic N) is 2. The number of fused-ring (bicyclic) bond motifs is 1. The van der Waals surface area contributed by atoms with Gasteiger partial charge in [0.1, 0.15) is 11.4 Å². The summed E-state index contributed by atoms with van der Waals surface area (Å²) in [6.45, 7) is -0.221. The van der Waals surface area contributed by atoms with Crippen LogP contribution in [0.2, 0.25) is 0 Å². The lowest BCUT2D eigenvalue weighted by molar-refractivity contribution is 0.0427. The zero-order chi connectivity index (χ0) is 13.1. The summed E-state index contributed by atoms with van der Waals surface area (Å²) < 4.78 is 1.64. The fourth-order valence-corrected chi connectivity index (χ4v) is 1.75. The molecular formula is C12H11N3O3. The van der Waals surface area contributed by atoms with E-state index in [1.54, 1.807) is 41.9 Å². The summed E-state index contributed by atoms with van der Waals surface area (Å²) in [5, 5.41) is 18.6. The van der Waals surface area contributed by atoms with Crippen molar-refractivity contribution in [3.05, 3.63) is 30.0 Å². The summed E-state index contributed by atoms with van der Waals surface area (Å²) in [4.78, 5) is 16.4. The first-order valence-corrected chi connectivity index (χ1v) is 5.21. The Balaban J connectivity index is 2.35. The molecule has 6 nitrogen and oxygen atoms in total. The van der Waals surface area contributed by atoms with Crippen LogP contribution in [0.5, 0.6) is 5.75 Å². The summed E-state index contributed by atoms with van der Waals surface area (Å²) >= 11 is 0. The lowest BCUT2D eigenvalue weighted by Crippen LogP contribution is -2.25. The molecule has 0 unspecified atom stereocenters. The largest absolute Gasteiger partial charge is 0.507 e. The molecule has 1 aromatic carbocycles. The number of hydrogen-bond donors (Lipinski definition) is 2.